The molecular weight excluding hydrogens is 277 g/mol. The molecule has 19 heavy (non-hydrogen) atoms. The second kappa shape index (κ2) is 8.31. The van der Waals surface area contributed by atoms with Gasteiger partial charge in [-0.3, -0.25) is 0 Å². The fraction of sp³-hybridized carbons (Fsp3) is 0.500. The highest BCUT2D eigenvalue weighted by atomic mass is 28.2. The number of benzene rings is 1. The fourth-order valence-electron chi connectivity index (χ4n) is 1.44. The molecule has 0 amide bonds. The van der Waals surface area contributed by atoms with Crippen LogP contribution in [0.5, 0.6) is 0 Å². The highest BCUT2D eigenvalue weighted by Gasteiger charge is 2.12. The van der Waals surface area contributed by atoms with Crippen molar-refractivity contribution in [3.05, 3.63) is 35.1 Å². The van der Waals surface area contributed by atoms with E-state index in [9.17, 15) is 13.2 Å². The van der Waals surface area contributed by atoms with Crippen LogP contribution in [0.25, 0.3) is 0 Å². The molecule has 0 aliphatic rings. The molecule has 1 aromatic carbocycles. The van der Waals surface area contributed by atoms with Gasteiger partial charge in [0.25, 0.3) is 6.48 Å². The zero-order chi connectivity index (χ0) is 14.3. The van der Waals surface area contributed by atoms with Crippen molar-refractivity contribution in [3.8, 4) is 0 Å². The van der Waals surface area contributed by atoms with Gasteiger partial charge in [-0.2, -0.15) is 0 Å². The first-order valence-electron chi connectivity index (χ1n) is 6.06. The van der Waals surface area contributed by atoms with Gasteiger partial charge in [0.1, 0.15) is 5.82 Å². The van der Waals surface area contributed by atoms with Gasteiger partial charge < -0.3 is 13.9 Å². The third-order valence-corrected chi connectivity index (χ3v) is 3.57. The summed E-state index contributed by atoms with van der Waals surface area (Å²) in [5.74, 6) is -3.01. The van der Waals surface area contributed by atoms with Gasteiger partial charge in [-0.05, 0) is 31.5 Å². The predicted molar refractivity (Wildman–Crippen MR) is 66.7 cm³/mol. The van der Waals surface area contributed by atoms with E-state index in [1.165, 1.54) is 0 Å². The lowest BCUT2D eigenvalue weighted by atomic mass is 10.2. The lowest BCUT2D eigenvalue weighted by Crippen LogP contribution is -2.24. The number of hydrogen-bond acceptors (Lipinski definition) is 3. The summed E-state index contributed by atoms with van der Waals surface area (Å²) < 4.78 is 54.7. The van der Waals surface area contributed by atoms with Gasteiger partial charge in [-0.15, -0.1) is 0 Å². The molecule has 1 aromatic rings. The molecule has 0 aromatic heterocycles. The largest absolute Gasteiger partial charge is 0.378 e. The van der Waals surface area contributed by atoms with Crippen LogP contribution in [0.4, 0.5) is 13.2 Å². The summed E-state index contributed by atoms with van der Waals surface area (Å²) in [6.07, 6.45) is 0. The smallest absolute Gasteiger partial charge is 0.261 e. The standard InChI is InChI=1S/C12H17F3O3Si/c1-3-16-12(17-4-2)18-19-7-8-5-10(14)11(15)6-9(8)13/h5-6,12H,3-4,7,19H2,1-2H3. The molecule has 7 heteroatoms. The Kier molecular flexibility index (Phi) is 7.07. The van der Waals surface area contributed by atoms with Crippen LogP contribution < -0.4 is 0 Å². The van der Waals surface area contributed by atoms with Crippen LogP contribution in [-0.2, 0) is 19.9 Å². The summed E-state index contributed by atoms with van der Waals surface area (Å²) in [5.41, 5.74) is 0.109. The number of hydrogen-bond donors (Lipinski definition) is 0. The Bertz CT molecular complexity index is 398. The Hall–Kier alpha value is -0.893. The van der Waals surface area contributed by atoms with E-state index < -0.39 is 33.7 Å². The monoisotopic (exact) mass is 294 g/mol. The van der Waals surface area contributed by atoms with Crippen LogP contribution in [0.1, 0.15) is 19.4 Å². The molecule has 0 saturated heterocycles. The number of halogens is 3. The fourth-order valence-corrected chi connectivity index (χ4v) is 2.54. The van der Waals surface area contributed by atoms with Crippen LogP contribution in [0, 0.1) is 17.5 Å². The highest BCUT2D eigenvalue weighted by Crippen LogP contribution is 2.14. The molecule has 0 unspecified atom stereocenters. The van der Waals surface area contributed by atoms with Gasteiger partial charge in [0.05, 0.1) is 0 Å². The average Bonchev–Trinajstić information content (AvgIpc) is 2.36. The normalized spacial score (nSPS) is 11.9. The Morgan fingerprint density at radius 1 is 1.00 bits per heavy atom. The molecule has 0 atom stereocenters. The first-order valence-corrected chi connectivity index (χ1v) is 7.64. The summed E-state index contributed by atoms with van der Waals surface area (Å²) >= 11 is 0. The minimum atomic E-state index is -1.20. The van der Waals surface area contributed by atoms with Crippen LogP contribution in [-0.4, -0.2) is 29.5 Å². The van der Waals surface area contributed by atoms with Gasteiger partial charge in [0.2, 0.25) is 0 Å². The molecule has 0 heterocycles. The van der Waals surface area contributed by atoms with Crippen molar-refractivity contribution < 1.29 is 27.1 Å². The molecule has 108 valence electrons. The quantitative estimate of drug-likeness (QED) is 0.417. The Morgan fingerprint density at radius 2 is 1.58 bits per heavy atom. The molecule has 0 saturated carbocycles. The minimum Gasteiger partial charge on any atom is -0.378 e. The Labute approximate surface area is 112 Å². The number of rotatable bonds is 8. The molecular formula is C12H17F3O3Si. The molecule has 0 N–H and O–H groups in total. The molecule has 1 rings (SSSR count). The number of ether oxygens (including phenoxy) is 2. The zero-order valence-corrected chi connectivity index (χ0v) is 12.3. The van der Waals surface area contributed by atoms with Crippen LogP contribution in [0.3, 0.4) is 0 Å². The predicted octanol–water partition coefficient (Wildman–Crippen LogP) is 2.06. The van der Waals surface area contributed by atoms with E-state index in [0.29, 0.717) is 19.3 Å². The molecule has 0 bridgehead atoms. The second-order valence-corrected chi connectivity index (χ2v) is 4.92. The van der Waals surface area contributed by atoms with Gasteiger partial charge in [-0.25, -0.2) is 13.2 Å². The van der Waals surface area contributed by atoms with Crippen molar-refractivity contribution in [2.24, 2.45) is 0 Å². The second-order valence-electron chi connectivity index (χ2n) is 3.68. The zero-order valence-electron chi connectivity index (χ0n) is 10.9. The van der Waals surface area contributed by atoms with Gasteiger partial charge >= 0.3 is 0 Å². The van der Waals surface area contributed by atoms with E-state index in [1.807, 2.05) is 0 Å². The molecule has 0 fully saturated rings. The van der Waals surface area contributed by atoms with E-state index in [2.05, 4.69) is 0 Å². The molecule has 0 aliphatic carbocycles. The average molecular weight is 294 g/mol. The van der Waals surface area contributed by atoms with Crippen molar-refractivity contribution in [1.82, 2.24) is 0 Å². The van der Waals surface area contributed by atoms with Crippen LogP contribution in [0.2, 0.25) is 0 Å². The molecule has 0 radical (unpaired) electrons. The molecule has 3 nitrogen and oxygen atoms in total. The van der Waals surface area contributed by atoms with E-state index in [-0.39, 0.29) is 11.6 Å². The summed E-state index contributed by atoms with van der Waals surface area (Å²) in [7, 11) is -1.20. The van der Waals surface area contributed by atoms with Gasteiger partial charge in [-0.1, -0.05) is 0 Å². The van der Waals surface area contributed by atoms with Crippen molar-refractivity contribution in [3.63, 3.8) is 0 Å². The van der Waals surface area contributed by atoms with Crippen molar-refractivity contribution in [2.45, 2.75) is 26.4 Å². The topological polar surface area (TPSA) is 27.7 Å². The summed E-state index contributed by atoms with van der Waals surface area (Å²) in [4.78, 5) is 0. The molecule has 0 aliphatic heterocycles. The summed E-state index contributed by atoms with van der Waals surface area (Å²) in [6.45, 7) is 3.68. The first-order chi connectivity index (χ1) is 9.08. The third kappa shape index (κ3) is 5.31. The first kappa shape index (κ1) is 16.2. The maximum absolute atomic E-state index is 13.3. The van der Waals surface area contributed by atoms with Gasteiger partial charge in [0, 0.05) is 19.3 Å². The molecule has 0 spiro atoms. The maximum Gasteiger partial charge on any atom is 0.261 e. The van der Waals surface area contributed by atoms with E-state index in [4.69, 9.17) is 13.9 Å². The lowest BCUT2D eigenvalue weighted by Gasteiger charge is -2.17. The van der Waals surface area contributed by atoms with E-state index in [1.54, 1.807) is 13.8 Å². The van der Waals surface area contributed by atoms with Crippen LogP contribution in [0.15, 0.2) is 12.1 Å². The maximum atomic E-state index is 13.3. The van der Waals surface area contributed by atoms with Crippen molar-refractivity contribution >= 4 is 9.76 Å². The Morgan fingerprint density at radius 3 is 2.16 bits per heavy atom. The van der Waals surface area contributed by atoms with Crippen LogP contribution >= 0.6 is 0 Å². The lowest BCUT2D eigenvalue weighted by molar-refractivity contribution is -0.243. The summed E-state index contributed by atoms with van der Waals surface area (Å²) in [6, 6.07) is 1.64. The third-order valence-electron chi connectivity index (χ3n) is 2.32. The van der Waals surface area contributed by atoms with Gasteiger partial charge in [0.15, 0.2) is 21.4 Å². The SMILES string of the molecule is CCOC(OCC)O[SiH2]Cc1cc(F)c(F)cc1F. The van der Waals surface area contributed by atoms with E-state index in [0.717, 1.165) is 6.07 Å². The minimum absolute atomic E-state index is 0.109. The van der Waals surface area contributed by atoms with E-state index >= 15 is 0 Å². The van der Waals surface area contributed by atoms with Crippen molar-refractivity contribution in [1.29, 1.82) is 0 Å². The Balaban J connectivity index is 2.50. The van der Waals surface area contributed by atoms with Crippen molar-refractivity contribution in [2.75, 3.05) is 13.2 Å². The summed E-state index contributed by atoms with van der Waals surface area (Å²) in [5, 5.41) is 0. The highest BCUT2D eigenvalue weighted by molar-refractivity contribution is 6.26.